The summed E-state index contributed by atoms with van der Waals surface area (Å²) in [6, 6.07) is 4.22. The number of ether oxygens (including phenoxy) is 1. The van der Waals surface area contributed by atoms with Crippen molar-refractivity contribution in [3.8, 4) is 0 Å². The molecule has 1 aliphatic rings. The highest BCUT2D eigenvalue weighted by Gasteiger charge is 2.20. The normalized spacial score (nSPS) is 14.3. The van der Waals surface area contributed by atoms with Gasteiger partial charge in [-0.2, -0.15) is 0 Å². The summed E-state index contributed by atoms with van der Waals surface area (Å²) in [5.74, 6) is 0. The van der Waals surface area contributed by atoms with Gasteiger partial charge in [0.25, 0.3) is 0 Å². The Hall–Kier alpha value is -1.13. The zero-order valence-electron chi connectivity index (χ0n) is 11.9. The van der Waals surface area contributed by atoms with Crippen LogP contribution >= 0.6 is 15.9 Å². The second-order valence-corrected chi connectivity index (χ2v) is 6.08. The molecule has 2 heterocycles. The Morgan fingerprint density at radius 2 is 2.25 bits per heavy atom. The molecule has 0 aliphatic carbocycles. The first kappa shape index (κ1) is 13.8. The molecule has 0 amide bonds. The number of hydrogen-bond donors (Lipinski definition) is 1. The van der Waals surface area contributed by atoms with Crippen LogP contribution in [0.5, 0.6) is 0 Å². The van der Waals surface area contributed by atoms with Crippen molar-refractivity contribution in [3.05, 3.63) is 33.4 Å². The number of halogens is 1. The average Bonchev–Trinajstić information content (AvgIpc) is 2.48. The van der Waals surface area contributed by atoms with E-state index in [0.717, 1.165) is 36.0 Å². The maximum Gasteiger partial charge on any atom is 0.0870 e. The van der Waals surface area contributed by atoms with Crippen molar-refractivity contribution in [2.45, 2.75) is 33.3 Å². The zero-order chi connectivity index (χ0) is 14.1. The lowest BCUT2D eigenvalue weighted by molar-refractivity contribution is 0.110. The summed E-state index contributed by atoms with van der Waals surface area (Å²) < 4.78 is 6.71. The number of hydrogen-bond acceptors (Lipinski definition) is 3. The third-order valence-corrected chi connectivity index (χ3v) is 4.41. The van der Waals surface area contributed by atoms with Gasteiger partial charge >= 0.3 is 0 Å². The van der Waals surface area contributed by atoms with Gasteiger partial charge in [-0.05, 0) is 40.9 Å². The molecule has 0 fully saturated rings. The molecule has 1 N–H and O–H groups in total. The predicted molar refractivity (Wildman–Crippen MR) is 86.3 cm³/mol. The summed E-state index contributed by atoms with van der Waals surface area (Å²) in [5, 5.41) is 4.81. The topological polar surface area (TPSA) is 34.2 Å². The van der Waals surface area contributed by atoms with Crippen LogP contribution in [0.3, 0.4) is 0 Å². The summed E-state index contributed by atoms with van der Waals surface area (Å²) >= 11 is 3.64. The smallest absolute Gasteiger partial charge is 0.0870 e. The SMILES string of the molecule is CCCNc1c2c(nc3c(Br)ccc(C)c13)CCOC2. The Balaban J connectivity index is 2.30. The average molecular weight is 335 g/mol. The number of benzene rings is 1. The number of nitrogens with one attached hydrogen (secondary N) is 1. The van der Waals surface area contributed by atoms with E-state index in [2.05, 4.69) is 47.2 Å². The van der Waals surface area contributed by atoms with Crippen LogP contribution in [0.25, 0.3) is 10.9 Å². The van der Waals surface area contributed by atoms with Gasteiger partial charge in [-0.25, -0.2) is 0 Å². The van der Waals surface area contributed by atoms with Crippen molar-refractivity contribution in [1.82, 2.24) is 4.98 Å². The van der Waals surface area contributed by atoms with Crippen LogP contribution in [0.15, 0.2) is 16.6 Å². The molecular formula is C16H19BrN2O. The largest absolute Gasteiger partial charge is 0.384 e. The lowest BCUT2D eigenvalue weighted by Gasteiger charge is -2.23. The summed E-state index contributed by atoms with van der Waals surface area (Å²) in [6.07, 6.45) is 2.00. The Bertz CT molecular complexity index is 655. The van der Waals surface area contributed by atoms with Crippen LogP contribution in [0.1, 0.15) is 30.2 Å². The van der Waals surface area contributed by atoms with Gasteiger partial charge in [0.15, 0.2) is 0 Å². The van der Waals surface area contributed by atoms with E-state index < -0.39 is 0 Å². The van der Waals surface area contributed by atoms with Crippen LogP contribution < -0.4 is 5.32 Å². The number of aryl methyl sites for hydroxylation is 1. The Kier molecular flexibility index (Phi) is 3.94. The van der Waals surface area contributed by atoms with E-state index in [0.29, 0.717) is 6.61 Å². The second kappa shape index (κ2) is 5.70. The van der Waals surface area contributed by atoms with E-state index in [-0.39, 0.29) is 0 Å². The Morgan fingerprint density at radius 3 is 3.05 bits per heavy atom. The van der Waals surface area contributed by atoms with Crippen molar-refractivity contribution < 1.29 is 4.74 Å². The lowest BCUT2D eigenvalue weighted by Crippen LogP contribution is -2.16. The zero-order valence-corrected chi connectivity index (χ0v) is 13.5. The van der Waals surface area contributed by atoms with Crippen molar-refractivity contribution in [2.24, 2.45) is 0 Å². The molecule has 1 aromatic carbocycles. The number of pyridine rings is 1. The van der Waals surface area contributed by atoms with E-state index in [1.807, 2.05) is 0 Å². The van der Waals surface area contributed by atoms with E-state index in [4.69, 9.17) is 9.72 Å². The van der Waals surface area contributed by atoms with Crippen molar-refractivity contribution in [1.29, 1.82) is 0 Å². The minimum atomic E-state index is 0.663. The molecule has 0 atom stereocenters. The minimum Gasteiger partial charge on any atom is -0.384 e. The lowest BCUT2D eigenvalue weighted by atomic mass is 10.00. The molecular weight excluding hydrogens is 316 g/mol. The van der Waals surface area contributed by atoms with Crippen LogP contribution in [-0.4, -0.2) is 18.1 Å². The number of fused-ring (bicyclic) bond motifs is 2. The first-order valence-electron chi connectivity index (χ1n) is 7.14. The van der Waals surface area contributed by atoms with Crippen LogP contribution in [0.2, 0.25) is 0 Å². The fourth-order valence-electron chi connectivity index (χ4n) is 2.74. The third-order valence-electron chi connectivity index (χ3n) is 3.77. The molecule has 3 rings (SSSR count). The summed E-state index contributed by atoms with van der Waals surface area (Å²) in [5.41, 5.74) is 5.93. The molecule has 2 aromatic rings. The van der Waals surface area contributed by atoms with Crippen LogP contribution in [0.4, 0.5) is 5.69 Å². The van der Waals surface area contributed by atoms with Crippen LogP contribution in [0, 0.1) is 6.92 Å². The van der Waals surface area contributed by atoms with Gasteiger partial charge in [0.1, 0.15) is 0 Å². The number of aromatic nitrogens is 1. The molecule has 1 aromatic heterocycles. The number of anilines is 1. The van der Waals surface area contributed by atoms with Gasteiger partial charge in [0.05, 0.1) is 30.1 Å². The molecule has 0 saturated heterocycles. The van der Waals surface area contributed by atoms with Crippen LogP contribution in [-0.2, 0) is 17.8 Å². The molecule has 0 unspecified atom stereocenters. The summed E-state index contributed by atoms with van der Waals surface area (Å²) in [6.45, 7) is 6.72. The maximum atomic E-state index is 5.64. The Labute approximate surface area is 127 Å². The van der Waals surface area contributed by atoms with Gasteiger partial charge in [-0.15, -0.1) is 0 Å². The molecule has 0 spiro atoms. The molecule has 0 saturated carbocycles. The monoisotopic (exact) mass is 334 g/mol. The standard InChI is InChI=1S/C16H19BrN2O/c1-3-7-18-15-11-9-20-8-6-13(11)19-16-12(17)5-4-10(2)14(15)16/h4-5H,3,6-9H2,1-2H3,(H,18,19). The van der Waals surface area contributed by atoms with Gasteiger partial charge in [-0.3, -0.25) is 4.98 Å². The molecule has 4 heteroatoms. The summed E-state index contributed by atoms with van der Waals surface area (Å²) in [4.78, 5) is 4.88. The van der Waals surface area contributed by atoms with Crippen molar-refractivity contribution in [2.75, 3.05) is 18.5 Å². The molecule has 1 aliphatic heterocycles. The number of nitrogens with zero attached hydrogens (tertiary/aromatic N) is 1. The molecule has 3 nitrogen and oxygen atoms in total. The minimum absolute atomic E-state index is 0.663. The molecule has 20 heavy (non-hydrogen) atoms. The third kappa shape index (κ3) is 2.31. The quantitative estimate of drug-likeness (QED) is 0.913. The van der Waals surface area contributed by atoms with Gasteiger partial charge in [0.2, 0.25) is 0 Å². The Morgan fingerprint density at radius 1 is 1.40 bits per heavy atom. The first-order chi connectivity index (χ1) is 9.72. The molecule has 106 valence electrons. The van der Waals surface area contributed by atoms with E-state index >= 15 is 0 Å². The highest BCUT2D eigenvalue weighted by atomic mass is 79.9. The van der Waals surface area contributed by atoms with Gasteiger partial charge in [0, 0.05) is 28.4 Å². The number of rotatable bonds is 3. The fraction of sp³-hybridized carbons (Fsp3) is 0.438. The molecule has 0 bridgehead atoms. The highest BCUT2D eigenvalue weighted by Crippen LogP contribution is 2.36. The fourth-order valence-corrected chi connectivity index (χ4v) is 3.16. The van der Waals surface area contributed by atoms with E-state index in [9.17, 15) is 0 Å². The first-order valence-corrected chi connectivity index (χ1v) is 7.93. The predicted octanol–water partition coefficient (Wildman–Crippen LogP) is 4.20. The van der Waals surface area contributed by atoms with Crippen molar-refractivity contribution in [3.63, 3.8) is 0 Å². The van der Waals surface area contributed by atoms with E-state index in [1.165, 1.54) is 27.9 Å². The maximum absolute atomic E-state index is 5.64. The van der Waals surface area contributed by atoms with Gasteiger partial charge in [-0.1, -0.05) is 13.0 Å². The van der Waals surface area contributed by atoms with E-state index in [1.54, 1.807) is 0 Å². The van der Waals surface area contributed by atoms with Crippen molar-refractivity contribution >= 4 is 32.5 Å². The second-order valence-electron chi connectivity index (χ2n) is 5.23. The molecule has 0 radical (unpaired) electrons. The summed E-state index contributed by atoms with van der Waals surface area (Å²) in [7, 11) is 0. The highest BCUT2D eigenvalue weighted by molar-refractivity contribution is 9.10. The van der Waals surface area contributed by atoms with Gasteiger partial charge < -0.3 is 10.1 Å².